The molecule has 2 aliphatic heterocycles. The van der Waals surface area contributed by atoms with Crippen molar-refractivity contribution in [3.05, 3.63) is 94.7 Å². The summed E-state index contributed by atoms with van der Waals surface area (Å²) in [7, 11) is 0. The van der Waals surface area contributed by atoms with E-state index in [2.05, 4.69) is 15.3 Å². The second-order valence-electron chi connectivity index (χ2n) is 7.26. The number of nitrogens with zero attached hydrogens (tertiary/aromatic N) is 2. The van der Waals surface area contributed by atoms with Gasteiger partial charge in [-0.25, -0.2) is 4.79 Å². The predicted octanol–water partition coefficient (Wildman–Crippen LogP) is 1.99. The molecule has 0 spiro atoms. The number of H-pyrrole nitrogens is 2. The Labute approximate surface area is 219 Å². The number of para-hydroxylation sites is 1. The molecule has 1 aromatic carbocycles. The maximum Gasteiger partial charge on any atom is 0.325 e. The number of carbonyl (C=O) groups excluding carboxylic acids is 2. The number of nitro groups is 1. The Kier molecular flexibility index (Phi) is 7.54. The van der Waals surface area contributed by atoms with E-state index >= 15 is 0 Å². The first-order valence-corrected chi connectivity index (χ1v) is 12.0. The minimum Gasteiger partial charge on any atom is -0.456 e. The van der Waals surface area contributed by atoms with Gasteiger partial charge in [0, 0.05) is 18.3 Å². The van der Waals surface area contributed by atoms with Crippen molar-refractivity contribution >= 4 is 63.5 Å². The van der Waals surface area contributed by atoms with E-state index in [1.807, 2.05) is 4.98 Å². The number of nitrogens with one attached hydrogen (secondary N) is 4. The molecule has 3 aromatic rings. The minimum absolute atomic E-state index is 0.0502. The molecule has 0 atom stereocenters. The third-order valence-electron chi connectivity index (χ3n) is 4.70. The zero-order valence-corrected chi connectivity index (χ0v) is 20.5. The number of furan rings is 1. The lowest BCUT2D eigenvalue weighted by Crippen LogP contribution is -2.23. The van der Waals surface area contributed by atoms with Crippen LogP contribution in [0.25, 0.3) is 23.5 Å². The number of amidine groups is 2. The van der Waals surface area contributed by atoms with Gasteiger partial charge in [0.1, 0.15) is 11.5 Å². The van der Waals surface area contributed by atoms with Crippen molar-refractivity contribution in [3.63, 3.8) is 0 Å². The van der Waals surface area contributed by atoms with Crippen LogP contribution in [0, 0.1) is 15.5 Å². The molecule has 0 bridgehead atoms. The average molecular weight is 554 g/mol. The molecule has 0 radical (unpaired) electrons. The SMILES string of the molecule is N=C1NC(=O)/C(=C/c2ccc(-c3ccccc3[N+](=O)[O-])o2)S1.NC1=NC(=O)/C(=C/c2c[nH]c(=O)[nH]c2=O)S1. The number of benzene rings is 1. The van der Waals surface area contributed by atoms with Crippen molar-refractivity contribution in [2.75, 3.05) is 0 Å². The van der Waals surface area contributed by atoms with Crippen LogP contribution in [0.4, 0.5) is 5.69 Å². The quantitative estimate of drug-likeness (QED) is 0.179. The van der Waals surface area contributed by atoms with Crippen molar-refractivity contribution in [3.8, 4) is 11.3 Å². The fraction of sp³-hybridized carbons (Fsp3) is 0. The molecule has 6 N–H and O–H groups in total. The van der Waals surface area contributed by atoms with Crippen molar-refractivity contribution in [2.45, 2.75) is 0 Å². The van der Waals surface area contributed by atoms with Crippen LogP contribution in [0.3, 0.4) is 0 Å². The molecule has 4 heterocycles. The number of thioether (sulfide) groups is 2. The second kappa shape index (κ2) is 11.0. The Morgan fingerprint density at radius 3 is 2.45 bits per heavy atom. The number of hydrogen-bond donors (Lipinski definition) is 5. The molecule has 1 fully saturated rings. The molecular weight excluding hydrogens is 538 g/mol. The topological polar surface area (TPSA) is 230 Å². The predicted molar refractivity (Wildman–Crippen MR) is 142 cm³/mol. The van der Waals surface area contributed by atoms with Gasteiger partial charge in [-0.3, -0.25) is 34.9 Å². The van der Waals surface area contributed by atoms with Crippen molar-refractivity contribution in [2.24, 2.45) is 10.7 Å². The lowest BCUT2D eigenvalue weighted by molar-refractivity contribution is -0.384. The maximum atomic E-state index is 11.5. The van der Waals surface area contributed by atoms with Crippen LogP contribution in [0.1, 0.15) is 11.3 Å². The third-order valence-corrected chi connectivity index (χ3v) is 6.34. The monoisotopic (exact) mass is 553 g/mol. The highest BCUT2D eigenvalue weighted by atomic mass is 32.2. The molecule has 38 heavy (non-hydrogen) atoms. The van der Waals surface area contributed by atoms with E-state index in [4.69, 9.17) is 15.6 Å². The van der Waals surface area contributed by atoms with Gasteiger partial charge in [-0.1, -0.05) is 12.1 Å². The Morgan fingerprint density at radius 1 is 1.05 bits per heavy atom. The number of nitrogens with two attached hydrogens (primary N) is 1. The first-order chi connectivity index (χ1) is 18.1. The summed E-state index contributed by atoms with van der Waals surface area (Å²) >= 11 is 1.97. The molecule has 2 amide bonds. The zero-order valence-electron chi connectivity index (χ0n) is 18.8. The number of carbonyl (C=O) groups is 2. The molecule has 192 valence electrons. The van der Waals surface area contributed by atoms with Crippen LogP contribution in [0.5, 0.6) is 0 Å². The van der Waals surface area contributed by atoms with Gasteiger partial charge in [0.15, 0.2) is 10.3 Å². The number of hydrogen-bond acceptors (Lipinski definition) is 11. The number of nitro benzene ring substituents is 1. The summed E-state index contributed by atoms with van der Waals surface area (Å²) in [5.74, 6) is -0.120. The molecule has 2 aliphatic rings. The van der Waals surface area contributed by atoms with E-state index < -0.39 is 22.1 Å². The highest BCUT2D eigenvalue weighted by molar-refractivity contribution is 8.18. The summed E-state index contributed by atoms with van der Waals surface area (Å²) < 4.78 is 5.56. The zero-order chi connectivity index (χ0) is 27.4. The fourth-order valence-electron chi connectivity index (χ4n) is 3.08. The minimum atomic E-state index is -0.603. The van der Waals surface area contributed by atoms with Gasteiger partial charge >= 0.3 is 5.69 Å². The summed E-state index contributed by atoms with van der Waals surface area (Å²) in [6.07, 6.45) is 4.04. The van der Waals surface area contributed by atoms with E-state index in [0.717, 1.165) is 23.5 Å². The number of aromatic amines is 2. The van der Waals surface area contributed by atoms with Crippen molar-refractivity contribution in [1.29, 1.82) is 5.41 Å². The van der Waals surface area contributed by atoms with Crippen molar-refractivity contribution < 1.29 is 18.9 Å². The van der Waals surface area contributed by atoms with E-state index in [1.54, 1.807) is 30.3 Å². The Bertz CT molecular complexity index is 1700. The highest BCUT2D eigenvalue weighted by Crippen LogP contribution is 2.32. The molecule has 14 nitrogen and oxygen atoms in total. The first kappa shape index (κ1) is 26.1. The number of amides is 2. The van der Waals surface area contributed by atoms with Gasteiger partial charge in [0.2, 0.25) is 0 Å². The summed E-state index contributed by atoms with van der Waals surface area (Å²) in [5, 5.41) is 21.0. The molecule has 0 unspecified atom stereocenters. The lowest BCUT2D eigenvalue weighted by atomic mass is 10.1. The first-order valence-electron chi connectivity index (χ1n) is 10.3. The Morgan fingerprint density at radius 2 is 1.82 bits per heavy atom. The van der Waals surface area contributed by atoms with Gasteiger partial charge in [-0.15, -0.1) is 0 Å². The van der Waals surface area contributed by atoms with E-state index in [-0.39, 0.29) is 32.4 Å². The molecule has 5 rings (SSSR count). The number of aromatic nitrogens is 2. The molecule has 0 aliphatic carbocycles. The summed E-state index contributed by atoms with van der Waals surface area (Å²) in [5.41, 5.74) is 4.65. The van der Waals surface area contributed by atoms with Crippen LogP contribution in [0.15, 0.2) is 71.4 Å². The summed E-state index contributed by atoms with van der Waals surface area (Å²) in [6, 6.07) is 9.49. The highest BCUT2D eigenvalue weighted by Gasteiger charge is 2.23. The fourth-order valence-corrected chi connectivity index (χ4v) is 4.44. The number of rotatable bonds is 4. The number of aliphatic imine (C=N–C) groups is 1. The maximum absolute atomic E-state index is 11.5. The summed E-state index contributed by atoms with van der Waals surface area (Å²) in [6.45, 7) is 0. The van der Waals surface area contributed by atoms with E-state index in [9.17, 15) is 29.3 Å². The van der Waals surface area contributed by atoms with Gasteiger partial charge in [-0.2, -0.15) is 4.99 Å². The van der Waals surface area contributed by atoms with Gasteiger partial charge in [0.25, 0.3) is 23.1 Å². The van der Waals surface area contributed by atoms with E-state index in [1.165, 1.54) is 24.4 Å². The normalized spacial score (nSPS) is 16.8. The van der Waals surface area contributed by atoms with Crippen LogP contribution in [-0.4, -0.2) is 37.0 Å². The smallest absolute Gasteiger partial charge is 0.325 e. The van der Waals surface area contributed by atoms with E-state index in [0.29, 0.717) is 22.0 Å². The third kappa shape index (κ3) is 6.05. The molecule has 1 saturated heterocycles. The van der Waals surface area contributed by atoms with Gasteiger partial charge in [-0.05, 0) is 47.8 Å². The summed E-state index contributed by atoms with van der Waals surface area (Å²) in [4.78, 5) is 63.8. The molecule has 2 aromatic heterocycles. The van der Waals surface area contributed by atoms with Gasteiger partial charge in [0.05, 0.1) is 25.9 Å². The second-order valence-corrected chi connectivity index (χ2v) is 9.38. The van der Waals surface area contributed by atoms with Crippen LogP contribution in [-0.2, 0) is 9.59 Å². The molecular formula is C22H15N7O7S2. The van der Waals surface area contributed by atoms with Crippen LogP contribution >= 0.6 is 23.5 Å². The lowest BCUT2D eigenvalue weighted by Gasteiger charge is -1.98. The molecule has 0 saturated carbocycles. The van der Waals surface area contributed by atoms with Gasteiger partial charge < -0.3 is 20.5 Å². The standard InChI is InChI=1S/C14H9N3O4S.C8H6N4O3S/c15-14-16-13(18)12(22-14)7-8-5-6-11(21-8)9-3-1-2-4-10(9)17(19)20;9-7-11-6(14)4(16-7)1-3-2-10-8(15)12-5(3)13/h1-7H,(H2,15,16,18);1-2H,(H2,9,11,14)(H2,10,12,13,15)/b12-7-;4-1-. The van der Waals surface area contributed by atoms with Crippen molar-refractivity contribution in [1.82, 2.24) is 15.3 Å². The Balaban J connectivity index is 0.000000186. The largest absolute Gasteiger partial charge is 0.456 e. The van der Waals surface area contributed by atoms with Crippen LogP contribution < -0.4 is 22.3 Å². The molecule has 16 heteroatoms. The van der Waals surface area contributed by atoms with Crippen LogP contribution in [0.2, 0.25) is 0 Å². The Hall–Kier alpha value is -4.96. The average Bonchev–Trinajstić information content (AvgIpc) is 3.54.